The molecule has 0 aromatic rings. The van der Waals surface area contributed by atoms with Crippen LogP contribution in [0, 0.1) is 5.92 Å². The van der Waals surface area contributed by atoms with Crippen molar-refractivity contribution in [2.75, 3.05) is 13.7 Å². The molecule has 0 aromatic heterocycles. The molecular formula is C6H7F3O4. The third-order valence-corrected chi connectivity index (χ3v) is 1.26. The molecule has 0 saturated heterocycles. The Balaban J connectivity index is 4.60. The Morgan fingerprint density at radius 1 is 1.46 bits per heavy atom. The molecule has 0 aliphatic heterocycles. The second-order valence-electron chi connectivity index (χ2n) is 2.12. The zero-order chi connectivity index (χ0) is 10.6. The summed E-state index contributed by atoms with van der Waals surface area (Å²) >= 11 is 0. The minimum Gasteiger partial charge on any atom is -0.468 e. The average Bonchev–Trinajstić information content (AvgIpc) is 2.03. The van der Waals surface area contributed by atoms with Gasteiger partial charge < -0.3 is 9.84 Å². The maximum Gasteiger partial charge on any atom is 0.451 e. The molecule has 0 saturated carbocycles. The standard InChI is InChI=1S/C6H7F3O4/c1-13-5(12)3(2-10)4(11)6(7,8)9/h3,10H,2H2,1H3. The normalized spacial score (nSPS) is 13.6. The van der Waals surface area contributed by atoms with E-state index in [2.05, 4.69) is 4.74 Å². The van der Waals surface area contributed by atoms with Crippen molar-refractivity contribution >= 4 is 11.8 Å². The van der Waals surface area contributed by atoms with Crippen molar-refractivity contribution in [1.29, 1.82) is 0 Å². The van der Waals surface area contributed by atoms with Crippen LogP contribution in [-0.4, -0.2) is 36.8 Å². The van der Waals surface area contributed by atoms with E-state index in [0.717, 1.165) is 7.11 Å². The van der Waals surface area contributed by atoms with Gasteiger partial charge in [0.05, 0.1) is 13.7 Å². The van der Waals surface area contributed by atoms with Gasteiger partial charge in [-0.15, -0.1) is 0 Å². The quantitative estimate of drug-likeness (QED) is 0.510. The van der Waals surface area contributed by atoms with E-state index in [4.69, 9.17) is 5.11 Å². The molecule has 76 valence electrons. The number of ether oxygens (including phenoxy) is 1. The molecule has 1 atom stereocenters. The molecule has 1 unspecified atom stereocenters. The average molecular weight is 200 g/mol. The summed E-state index contributed by atoms with van der Waals surface area (Å²) in [5, 5.41) is 8.34. The maximum atomic E-state index is 11.7. The van der Waals surface area contributed by atoms with Crippen molar-refractivity contribution in [2.24, 2.45) is 5.92 Å². The Labute approximate surface area is 71.3 Å². The van der Waals surface area contributed by atoms with Crippen LogP contribution in [0.5, 0.6) is 0 Å². The van der Waals surface area contributed by atoms with E-state index in [1.165, 1.54) is 0 Å². The minimum absolute atomic E-state index is 0.828. The topological polar surface area (TPSA) is 63.6 Å². The Morgan fingerprint density at radius 3 is 2.15 bits per heavy atom. The van der Waals surface area contributed by atoms with E-state index in [1.807, 2.05) is 0 Å². The Bertz CT molecular complexity index is 210. The van der Waals surface area contributed by atoms with E-state index < -0.39 is 30.5 Å². The number of hydrogen-bond donors (Lipinski definition) is 1. The highest BCUT2D eigenvalue weighted by atomic mass is 19.4. The molecule has 0 fully saturated rings. The highest BCUT2D eigenvalue weighted by Crippen LogP contribution is 2.21. The maximum absolute atomic E-state index is 11.7. The van der Waals surface area contributed by atoms with Gasteiger partial charge in [-0.3, -0.25) is 9.59 Å². The zero-order valence-corrected chi connectivity index (χ0v) is 6.59. The van der Waals surface area contributed by atoms with Gasteiger partial charge in [0.15, 0.2) is 0 Å². The van der Waals surface area contributed by atoms with Crippen LogP contribution < -0.4 is 0 Å². The van der Waals surface area contributed by atoms with Crippen molar-refractivity contribution in [1.82, 2.24) is 0 Å². The highest BCUT2D eigenvalue weighted by Gasteiger charge is 2.46. The Kier molecular flexibility index (Phi) is 3.86. The lowest BCUT2D eigenvalue weighted by Crippen LogP contribution is -2.38. The molecule has 0 heterocycles. The van der Waals surface area contributed by atoms with E-state index in [-0.39, 0.29) is 0 Å². The third kappa shape index (κ3) is 3.02. The Hall–Kier alpha value is -1.11. The molecular weight excluding hydrogens is 193 g/mol. The number of Topliss-reactive ketones (excluding diaryl/α,β-unsaturated/α-hetero) is 1. The van der Waals surface area contributed by atoms with Gasteiger partial charge in [-0.05, 0) is 0 Å². The number of ketones is 1. The predicted molar refractivity (Wildman–Crippen MR) is 33.7 cm³/mol. The van der Waals surface area contributed by atoms with E-state index >= 15 is 0 Å². The minimum atomic E-state index is -5.14. The van der Waals surface area contributed by atoms with Crippen LogP contribution in [0.1, 0.15) is 0 Å². The fraction of sp³-hybridized carbons (Fsp3) is 0.667. The van der Waals surface area contributed by atoms with E-state index in [1.54, 1.807) is 0 Å². The number of methoxy groups -OCH3 is 1. The molecule has 4 nitrogen and oxygen atoms in total. The van der Waals surface area contributed by atoms with Gasteiger partial charge in [0.25, 0.3) is 5.78 Å². The number of carbonyl (C=O) groups is 2. The summed E-state index contributed by atoms with van der Waals surface area (Å²) in [6.45, 7) is -1.22. The Morgan fingerprint density at radius 2 is 1.92 bits per heavy atom. The first kappa shape index (κ1) is 11.9. The highest BCUT2D eigenvalue weighted by molar-refractivity contribution is 6.01. The molecule has 0 spiro atoms. The fourth-order valence-corrected chi connectivity index (χ4v) is 0.604. The van der Waals surface area contributed by atoms with Crippen LogP contribution in [0.3, 0.4) is 0 Å². The lowest BCUT2D eigenvalue weighted by atomic mass is 10.1. The van der Waals surface area contributed by atoms with Gasteiger partial charge in [0, 0.05) is 0 Å². The van der Waals surface area contributed by atoms with Gasteiger partial charge in [-0.25, -0.2) is 0 Å². The van der Waals surface area contributed by atoms with Gasteiger partial charge >= 0.3 is 12.1 Å². The molecule has 0 rings (SSSR count). The van der Waals surface area contributed by atoms with E-state index in [0.29, 0.717) is 0 Å². The van der Waals surface area contributed by atoms with Gasteiger partial charge in [-0.1, -0.05) is 0 Å². The summed E-state index contributed by atoms with van der Waals surface area (Å²) in [4.78, 5) is 20.9. The third-order valence-electron chi connectivity index (χ3n) is 1.26. The van der Waals surface area contributed by atoms with Gasteiger partial charge in [0.1, 0.15) is 5.92 Å². The first-order valence-electron chi connectivity index (χ1n) is 3.14. The second kappa shape index (κ2) is 4.22. The fourth-order valence-electron chi connectivity index (χ4n) is 0.604. The van der Waals surface area contributed by atoms with Gasteiger partial charge in [-0.2, -0.15) is 13.2 Å². The van der Waals surface area contributed by atoms with Gasteiger partial charge in [0.2, 0.25) is 0 Å². The summed E-state index contributed by atoms with van der Waals surface area (Å²) in [7, 11) is 0.828. The zero-order valence-electron chi connectivity index (χ0n) is 6.59. The summed E-state index contributed by atoms with van der Waals surface area (Å²) in [5.74, 6) is -5.88. The van der Waals surface area contributed by atoms with Crippen molar-refractivity contribution < 1.29 is 32.6 Å². The van der Waals surface area contributed by atoms with Crippen LogP contribution in [0.15, 0.2) is 0 Å². The lowest BCUT2D eigenvalue weighted by Gasteiger charge is -2.12. The SMILES string of the molecule is COC(=O)C(CO)C(=O)C(F)(F)F. The van der Waals surface area contributed by atoms with Crippen LogP contribution in [0.4, 0.5) is 13.2 Å². The number of aliphatic hydroxyl groups is 1. The number of halogens is 3. The summed E-state index contributed by atoms with van der Waals surface area (Å²) in [5.41, 5.74) is 0. The number of rotatable bonds is 3. The molecule has 1 N–H and O–H groups in total. The molecule has 0 aromatic carbocycles. The summed E-state index contributed by atoms with van der Waals surface area (Å²) < 4.78 is 39.0. The van der Waals surface area contributed by atoms with Crippen LogP contribution in [0.25, 0.3) is 0 Å². The van der Waals surface area contributed by atoms with Crippen molar-refractivity contribution in [2.45, 2.75) is 6.18 Å². The number of carbonyl (C=O) groups excluding carboxylic acids is 2. The predicted octanol–water partition coefficient (Wildman–Crippen LogP) is -0.101. The van der Waals surface area contributed by atoms with E-state index in [9.17, 15) is 22.8 Å². The first-order chi connectivity index (χ1) is 5.84. The first-order valence-corrected chi connectivity index (χ1v) is 3.14. The molecule has 0 aliphatic carbocycles. The lowest BCUT2D eigenvalue weighted by molar-refractivity contribution is -0.181. The smallest absolute Gasteiger partial charge is 0.451 e. The number of aliphatic hydroxyl groups excluding tert-OH is 1. The molecule has 7 heteroatoms. The second-order valence-corrected chi connectivity index (χ2v) is 2.12. The number of hydrogen-bond acceptors (Lipinski definition) is 4. The van der Waals surface area contributed by atoms with Crippen LogP contribution in [0.2, 0.25) is 0 Å². The molecule has 0 bridgehead atoms. The molecule has 13 heavy (non-hydrogen) atoms. The van der Waals surface area contributed by atoms with Crippen molar-refractivity contribution in [3.8, 4) is 0 Å². The molecule has 0 amide bonds. The number of alkyl halides is 3. The summed E-state index contributed by atoms with van der Waals surface area (Å²) in [6, 6.07) is 0. The van der Waals surface area contributed by atoms with Crippen molar-refractivity contribution in [3.63, 3.8) is 0 Å². The molecule has 0 aliphatic rings. The summed E-state index contributed by atoms with van der Waals surface area (Å²) in [6.07, 6.45) is -5.14. The van der Waals surface area contributed by atoms with Crippen molar-refractivity contribution in [3.05, 3.63) is 0 Å². The molecule has 0 radical (unpaired) electrons. The monoisotopic (exact) mass is 200 g/mol. The number of esters is 1. The van der Waals surface area contributed by atoms with Crippen LogP contribution in [-0.2, 0) is 14.3 Å². The van der Waals surface area contributed by atoms with Crippen LogP contribution >= 0.6 is 0 Å². The largest absolute Gasteiger partial charge is 0.468 e.